The summed E-state index contributed by atoms with van der Waals surface area (Å²) < 4.78 is 21.4. The number of phenols is 4. The van der Waals surface area contributed by atoms with Crippen molar-refractivity contribution in [1.82, 2.24) is 0 Å². The molecule has 0 aliphatic carbocycles. The first-order chi connectivity index (χ1) is 11.1. The van der Waals surface area contributed by atoms with E-state index >= 15 is 0 Å². The van der Waals surface area contributed by atoms with E-state index in [0.29, 0.717) is 0 Å². The highest BCUT2D eigenvalue weighted by molar-refractivity contribution is 6.05. The van der Waals surface area contributed by atoms with E-state index in [9.17, 15) is 30.3 Å². The molecule has 7 heteroatoms. The van der Waals surface area contributed by atoms with Gasteiger partial charge in [-0.05, 0) is 17.7 Å². The monoisotopic (exact) mass is 306 g/mol. The molecule has 0 amide bonds. The van der Waals surface area contributed by atoms with E-state index in [4.69, 9.17) is 7.48 Å². The molecule has 0 bridgehead atoms. The van der Waals surface area contributed by atoms with Gasteiger partial charge in [0.25, 0.3) is 0 Å². The van der Waals surface area contributed by atoms with Crippen molar-refractivity contribution in [1.29, 1.82) is 0 Å². The lowest BCUT2D eigenvalue weighted by Crippen LogP contribution is -2.36. The van der Waals surface area contributed by atoms with Crippen molar-refractivity contribution >= 4 is 5.78 Å². The highest BCUT2D eigenvalue weighted by Crippen LogP contribution is 2.42. The Morgan fingerprint density at radius 1 is 1.00 bits per heavy atom. The number of hydrogen-bond acceptors (Lipinski definition) is 7. The number of rotatable bonds is 1. The minimum absolute atomic E-state index is 0.294. The molecule has 2 aromatic rings. The summed E-state index contributed by atoms with van der Waals surface area (Å²) >= 11 is 0. The molecule has 0 aromatic heterocycles. The van der Waals surface area contributed by atoms with E-state index in [1.165, 1.54) is 0 Å². The van der Waals surface area contributed by atoms with Crippen molar-refractivity contribution in [2.45, 2.75) is 12.2 Å². The number of Topliss-reactive ketones (excluding diaryl/α,β-unsaturated/α-hetero) is 1. The van der Waals surface area contributed by atoms with Crippen LogP contribution in [0.25, 0.3) is 0 Å². The van der Waals surface area contributed by atoms with Gasteiger partial charge in [0.15, 0.2) is 23.7 Å². The minimum Gasteiger partial charge on any atom is -0.508 e. The molecular formula is C15H12O7. The highest BCUT2D eigenvalue weighted by atomic mass is 16.5. The summed E-state index contributed by atoms with van der Waals surface area (Å²) in [6.45, 7) is 0. The van der Waals surface area contributed by atoms with Gasteiger partial charge in [-0.1, -0.05) is 6.07 Å². The molecule has 2 atom stereocenters. The number of ketones is 1. The third kappa shape index (κ3) is 2.08. The predicted molar refractivity (Wildman–Crippen MR) is 73.2 cm³/mol. The Kier molecular flexibility index (Phi) is 2.56. The SMILES string of the molecule is [2H]C1(O)C(=O)c2c(O)cc(O)cc2OC1([2H])c1ccc(O)c(O)c1. The van der Waals surface area contributed by atoms with Crippen LogP contribution in [0.3, 0.4) is 0 Å². The second kappa shape index (κ2) is 4.81. The Balaban J connectivity index is 2.25. The third-order valence-electron chi connectivity index (χ3n) is 3.17. The number of aromatic hydroxyl groups is 4. The molecule has 0 fully saturated rings. The Morgan fingerprint density at radius 2 is 1.73 bits per heavy atom. The first-order valence-corrected chi connectivity index (χ1v) is 6.12. The fourth-order valence-electron chi connectivity index (χ4n) is 2.14. The Bertz CT molecular complexity index is 865. The summed E-state index contributed by atoms with van der Waals surface area (Å²) in [7, 11) is 0. The molecule has 0 spiro atoms. The third-order valence-corrected chi connectivity index (χ3v) is 3.17. The number of carbonyl (C=O) groups excluding carboxylic acids is 1. The van der Waals surface area contributed by atoms with Gasteiger partial charge in [0.1, 0.15) is 22.8 Å². The molecule has 22 heavy (non-hydrogen) atoms. The predicted octanol–water partition coefficient (Wildman–Crippen LogP) is 1.19. The second-order valence-electron chi connectivity index (χ2n) is 4.65. The summed E-state index contributed by atoms with van der Waals surface area (Å²) in [6, 6.07) is 4.73. The molecule has 2 unspecified atom stereocenters. The fourth-order valence-corrected chi connectivity index (χ4v) is 2.14. The smallest absolute Gasteiger partial charge is 0.202 e. The number of hydrogen-bond donors (Lipinski definition) is 5. The van der Waals surface area contributed by atoms with Crippen LogP contribution in [-0.4, -0.2) is 37.4 Å². The largest absolute Gasteiger partial charge is 0.508 e. The number of aliphatic hydroxyl groups is 1. The van der Waals surface area contributed by atoms with Gasteiger partial charge in [0.05, 0.1) is 2.74 Å². The Hall–Kier alpha value is -2.93. The lowest BCUT2D eigenvalue weighted by molar-refractivity contribution is 0.0210. The topological polar surface area (TPSA) is 127 Å². The molecule has 3 rings (SSSR count). The van der Waals surface area contributed by atoms with Crippen molar-refractivity contribution in [3.05, 3.63) is 41.5 Å². The quantitative estimate of drug-likeness (QED) is 0.501. The van der Waals surface area contributed by atoms with Crippen LogP contribution in [-0.2, 0) is 0 Å². The van der Waals surface area contributed by atoms with Gasteiger partial charge >= 0.3 is 0 Å². The minimum atomic E-state index is -3.17. The molecule has 1 aliphatic rings. The van der Waals surface area contributed by atoms with Gasteiger partial charge in [-0.3, -0.25) is 4.79 Å². The zero-order valence-electron chi connectivity index (χ0n) is 12.9. The van der Waals surface area contributed by atoms with Crippen LogP contribution in [0, 0.1) is 0 Å². The molecule has 0 saturated carbocycles. The summed E-state index contributed by atoms with van der Waals surface area (Å²) in [6.07, 6.45) is -5.89. The first-order valence-electron chi connectivity index (χ1n) is 7.12. The normalized spacial score (nSPS) is 28.3. The molecular weight excluding hydrogens is 292 g/mol. The number of benzene rings is 2. The maximum atomic E-state index is 12.4. The van der Waals surface area contributed by atoms with E-state index < -0.39 is 52.3 Å². The first kappa shape index (κ1) is 11.7. The standard InChI is InChI=1S/C15H12O7/c16-7-4-10(19)12-11(5-7)22-15(14(21)13(12)20)6-1-2-8(17)9(18)3-6/h1-5,14-19,21H/i14D,15D. The van der Waals surface area contributed by atoms with Crippen molar-refractivity contribution in [2.75, 3.05) is 0 Å². The zero-order chi connectivity index (χ0) is 17.9. The molecule has 2 aromatic carbocycles. The summed E-state index contributed by atoms with van der Waals surface area (Å²) in [5.74, 6) is -4.04. The van der Waals surface area contributed by atoms with E-state index in [1.54, 1.807) is 0 Å². The number of ether oxygens (including phenoxy) is 1. The summed E-state index contributed by atoms with van der Waals surface area (Å²) in [4.78, 5) is 12.4. The lowest BCUT2D eigenvalue weighted by atomic mass is 9.92. The van der Waals surface area contributed by atoms with Crippen LogP contribution in [0.2, 0.25) is 0 Å². The summed E-state index contributed by atoms with van der Waals surface area (Å²) in [5.41, 5.74) is -0.840. The Morgan fingerprint density at radius 3 is 2.41 bits per heavy atom. The maximum absolute atomic E-state index is 12.4. The maximum Gasteiger partial charge on any atom is 0.202 e. The van der Waals surface area contributed by atoms with Crippen molar-refractivity contribution in [3.63, 3.8) is 0 Å². The molecule has 114 valence electrons. The second-order valence-corrected chi connectivity index (χ2v) is 4.65. The lowest BCUT2D eigenvalue weighted by Gasteiger charge is -2.30. The van der Waals surface area contributed by atoms with Crippen LogP contribution < -0.4 is 4.74 Å². The van der Waals surface area contributed by atoms with E-state index in [1.807, 2.05) is 0 Å². The average Bonchev–Trinajstić information content (AvgIpc) is 2.47. The highest BCUT2D eigenvalue weighted by Gasteiger charge is 2.39. The van der Waals surface area contributed by atoms with Crippen molar-refractivity contribution in [3.8, 4) is 28.7 Å². The van der Waals surface area contributed by atoms with Crippen LogP contribution in [0.5, 0.6) is 28.7 Å². The van der Waals surface area contributed by atoms with Gasteiger partial charge in [-0.15, -0.1) is 0 Å². The van der Waals surface area contributed by atoms with Gasteiger partial charge in [0.2, 0.25) is 5.78 Å². The molecule has 7 nitrogen and oxygen atoms in total. The molecule has 5 N–H and O–H groups in total. The summed E-state index contributed by atoms with van der Waals surface area (Å²) in [5, 5.41) is 48.5. The fraction of sp³-hybridized carbons (Fsp3) is 0.133. The number of carbonyl (C=O) groups is 1. The van der Waals surface area contributed by atoms with Crippen LogP contribution >= 0.6 is 0 Å². The van der Waals surface area contributed by atoms with Crippen LogP contribution in [0.15, 0.2) is 30.3 Å². The molecule has 1 aliphatic heterocycles. The van der Waals surface area contributed by atoms with E-state index in [0.717, 1.165) is 30.3 Å². The van der Waals surface area contributed by atoms with Gasteiger partial charge in [0, 0.05) is 12.1 Å². The number of fused-ring (bicyclic) bond motifs is 1. The van der Waals surface area contributed by atoms with Gasteiger partial charge in [-0.25, -0.2) is 0 Å². The van der Waals surface area contributed by atoms with Crippen molar-refractivity contribution < 1.29 is 37.8 Å². The van der Waals surface area contributed by atoms with Crippen LogP contribution in [0.1, 0.15) is 24.7 Å². The van der Waals surface area contributed by atoms with Crippen molar-refractivity contribution in [2.24, 2.45) is 0 Å². The Labute approximate surface area is 127 Å². The van der Waals surface area contributed by atoms with E-state index in [-0.39, 0.29) is 5.56 Å². The molecule has 1 heterocycles. The van der Waals surface area contributed by atoms with Gasteiger partial charge in [-0.2, -0.15) is 0 Å². The van der Waals surface area contributed by atoms with E-state index in [2.05, 4.69) is 0 Å². The average molecular weight is 306 g/mol. The van der Waals surface area contributed by atoms with Crippen LogP contribution in [0.4, 0.5) is 0 Å². The molecule has 0 radical (unpaired) electrons. The molecule has 0 saturated heterocycles. The number of phenolic OH excluding ortho intramolecular Hbond substituents is 4. The van der Waals surface area contributed by atoms with Gasteiger partial charge < -0.3 is 30.3 Å². The zero-order valence-corrected chi connectivity index (χ0v) is 10.9.